The molecule has 2 heterocycles. The number of allylic oxidation sites excluding steroid dienone is 1. The monoisotopic (exact) mass is 256 g/mol. The van der Waals surface area contributed by atoms with Crippen LogP contribution in [0.3, 0.4) is 0 Å². The van der Waals surface area contributed by atoms with Crippen LogP contribution in [0.1, 0.15) is 42.6 Å². The fourth-order valence-electron chi connectivity index (χ4n) is 1.46. The zero-order valence-corrected chi connectivity index (χ0v) is 11.2. The van der Waals surface area contributed by atoms with Gasteiger partial charge in [0.05, 0.1) is 12.5 Å². The number of rotatable bonds is 3. The van der Waals surface area contributed by atoms with Crippen molar-refractivity contribution < 1.29 is 4.79 Å². The highest BCUT2D eigenvalue weighted by Crippen LogP contribution is 2.17. The van der Waals surface area contributed by atoms with Crippen LogP contribution in [0.15, 0.2) is 31.0 Å². The molecule has 5 nitrogen and oxygen atoms in total. The Morgan fingerprint density at radius 1 is 1.21 bits per heavy atom. The Kier molecular flexibility index (Phi) is 3.55. The first-order valence-corrected chi connectivity index (χ1v) is 6.00. The maximum Gasteiger partial charge on any atom is 0.203 e. The van der Waals surface area contributed by atoms with E-state index in [-0.39, 0.29) is 11.2 Å². The maximum absolute atomic E-state index is 11.7. The van der Waals surface area contributed by atoms with Crippen LogP contribution in [0.5, 0.6) is 0 Å². The van der Waals surface area contributed by atoms with Crippen LogP contribution in [0, 0.1) is 0 Å². The second kappa shape index (κ2) is 5.14. The number of hydrogen-bond donors (Lipinski definition) is 1. The molecule has 0 atom stereocenters. The molecule has 0 saturated carbocycles. The number of hydrogen-bond acceptors (Lipinski definition) is 4. The molecule has 0 unspecified atom stereocenters. The third-order valence-electron chi connectivity index (χ3n) is 2.53. The fourth-order valence-corrected chi connectivity index (χ4v) is 1.46. The number of ketones is 1. The minimum absolute atomic E-state index is 0.0754. The molecule has 0 radical (unpaired) electrons. The lowest BCUT2D eigenvalue weighted by atomic mass is 9.96. The molecule has 98 valence electrons. The minimum Gasteiger partial charge on any atom is -0.342 e. The third-order valence-corrected chi connectivity index (χ3v) is 2.53. The summed E-state index contributed by atoms with van der Waals surface area (Å²) >= 11 is 0. The molecule has 2 rings (SSSR count). The van der Waals surface area contributed by atoms with Gasteiger partial charge in [0.2, 0.25) is 5.78 Å². The van der Waals surface area contributed by atoms with Crippen LogP contribution in [0.4, 0.5) is 0 Å². The summed E-state index contributed by atoms with van der Waals surface area (Å²) in [5.41, 5.74) is 1.18. The number of aromatic amines is 1. The summed E-state index contributed by atoms with van der Waals surface area (Å²) in [5.74, 6) is 0.655. The lowest BCUT2D eigenvalue weighted by Gasteiger charge is -2.15. The first kappa shape index (κ1) is 13.1. The molecule has 0 aliphatic carbocycles. The van der Waals surface area contributed by atoms with Gasteiger partial charge in [-0.2, -0.15) is 0 Å². The lowest BCUT2D eigenvalue weighted by Crippen LogP contribution is -2.15. The molecule has 1 N–H and O–H groups in total. The summed E-state index contributed by atoms with van der Waals surface area (Å²) in [6.07, 6.45) is 9.56. The summed E-state index contributed by atoms with van der Waals surface area (Å²) in [7, 11) is 0. The van der Waals surface area contributed by atoms with E-state index in [9.17, 15) is 4.79 Å². The Balaban J connectivity index is 2.10. The van der Waals surface area contributed by atoms with Gasteiger partial charge < -0.3 is 4.98 Å². The Labute approximate surface area is 111 Å². The molecular weight excluding hydrogens is 240 g/mol. The number of carbonyl (C=O) groups excluding carboxylic acids is 1. The number of carbonyl (C=O) groups is 1. The molecule has 0 aliphatic heterocycles. The van der Waals surface area contributed by atoms with Crippen LogP contribution in [0.25, 0.3) is 6.08 Å². The summed E-state index contributed by atoms with van der Waals surface area (Å²) < 4.78 is 0. The van der Waals surface area contributed by atoms with E-state index >= 15 is 0 Å². The standard InChI is InChI=1S/C14H16N4O/c1-14(2,3)13-16-6-10(7-17-13)4-5-12(19)11-8-15-9-18-11/h4-9H,1-3H3,(H,15,18). The Bertz CT molecular complexity index is 577. The molecule has 19 heavy (non-hydrogen) atoms. The molecule has 0 saturated heterocycles. The van der Waals surface area contributed by atoms with Crippen molar-refractivity contribution in [1.82, 2.24) is 19.9 Å². The van der Waals surface area contributed by atoms with Crippen molar-refractivity contribution in [2.75, 3.05) is 0 Å². The van der Waals surface area contributed by atoms with E-state index in [1.165, 1.54) is 18.6 Å². The van der Waals surface area contributed by atoms with Crippen molar-refractivity contribution in [3.05, 3.63) is 48.1 Å². The molecule has 0 fully saturated rings. The van der Waals surface area contributed by atoms with E-state index in [4.69, 9.17) is 0 Å². The number of imidazole rings is 1. The molecule has 0 bridgehead atoms. The van der Waals surface area contributed by atoms with Gasteiger partial charge in [0.15, 0.2) is 0 Å². The summed E-state index contributed by atoms with van der Waals surface area (Å²) in [6.45, 7) is 6.17. The van der Waals surface area contributed by atoms with E-state index in [1.54, 1.807) is 18.5 Å². The number of nitrogens with zero attached hydrogens (tertiary/aromatic N) is 3. The van der Waals surface area contributed by atoms with E-state index in [1.807, 2.05) is 0 Å². The molecule has 0 amide bonds. The smallest absolute Gasteiger partial charge is 0.203 e. The zero-order chi connectivity index (χ0) is 13.9. The van der Waals surface area contributed by atoms with Crippen molar-refractivity contribution in [3.8, 4) is 0 Å². The fraction of sp³-hybridized carbons (Fsp3) is 0.286. The van der Waals surface area contributed by atoms with Gasteiger partial charge in [0.1, 0.15) is 11.5 Å². The summed E-state index contributed by atoms with van der Waals surface area (Å²) in [5, 5.41) is 0. The van der Waals surface area contributed by atoms with E-state index in [0.29, 0.717) is 5.69 Å². The normalized spacial score (nSPS) is 11.9. The summed E-state index contributed by atoms with van der Waals surface area (Å²) in [4.78, 5) is 26.9. The van der Waals surface area contributed by atoms with Crippen LogP contribution >= 0.6 is 0 Å². The Morgan fingerprint density at radius 2 is 1.89 bits per heavy atom. The van der Waals surface area contributed by atoms with Gasteiger partial charge in [-0.05, 0) is 12.2 Å². The molecule has 2 aromatic heterocycles. The first-order valence-electron chi connectivity index (χ1n) is 6.00. The van der Waals surface area contributed by atoms with Gasteiger partial charge in [0.25, 0.3) is 0 Å². The lowest BCUT2D eigenvalue weighted by molar-refractivity contribution is 0.104. The second-order valence-corrected chi connectivity index (χ2v) is 5.25. The highest BCUT2D eigenvalue weighted by Gasteiger charge is 2.16. The molecule has 2 aromatic rings. The zero-order valence-electron chi connectivity index (χ0n) is 11.2. The number of H-pyrrole nitrogens is 1. The van der Waals surface area contributed by atoms with E-state index in [2.05, 4.69) is 40.7 Å². The van der Waals surface area contributed by atoms with Crippen LogP contribution < -0.4 is 0 Å². The predicted molar refractivity (Wildman–Crippen MR) is 72.7 cm³/mol. The SMILES string of the molecule is CC(C)(C)c1ncc(C=CC(=O)c2cnc[nH]2)cn1. The number of aromatic nitrogens is 4. The largest absolute Gasteiger partial charge is 0.342 e. The van der Waals surface area contributed by atoms with E-state index in [0.717, 1.165) is 11.4 Å². The highest BCUT2D eigenvalue weighted by atomic mass is 16.1. The van der Waals surface area contributed by atoms with Gasteiger partial charge in [0, 0.05) is 23.4 Å². The molecule has 0 aliphatic rings. The van der Waals surface area contributed by atoms with Gasteiger partial charge in [-0.15, -0.1) is 0 Å². The average Bonchev–Trinajstić information content (AvgIpc) is 2.89. The van der Waals surface area contributed by atoms with Crippen LogP contribution in [-0.2, 0) is 5.41 Å². The van der Waals surface area contributed by atoms with Crippen molar-refractivity contribution in [2.24, 2.45) is 0 Å². The minimum atomic E-state index is -0.127. The van der Waals surface area contributed by atoms with Gasteiger partial charge in [-0.3, -0.25) is 4.79 Å². The number of nitrogens with one attached hydrogen (secondary N) is 1. The average molecular weight is 256 g/mol. The molecule has 5 heteroatoms. The van der Waals surface area contributed by atoms with E-state index < -0.39 is 0 Å². The Morgan fingerprint density at radius 3 is 2.42 bits per heavy atom. The van der Waals surface area contributed by atoms with Crippen LogP contribution in [0.2, 0.25) is 0 Å². The van der Waals surface area contributed by atoms with Crippen molar-refractivity contribution in [2.45, 2.75) is 26.2 Å². The molecular formula is C14H16N4O. The quantitative estimate of drug-likeness (QED) is 0.676. The van der Waals surface area contributed by atoms with Crippen molar-refractivity contribution >= 4 is 11.9 Å². The molecule has 0 spiro atoms. The summed E-state index contributed by atoms with van der Waals surface area (Å²) in [6, 6.07) is 0. The van der Waals surface area contributed by atoms with Gasteiger partial charge >= 0.3 is 0 Å². The van der Waals surface area contributed by atoms with Gasteiger partial charge in [-0.25, -0.2) is 15.0 Å². The Hall–Kier alpha value is -2.30. The third kappa shape index (κ3) is 3.34. The highest BCUT2D eigenvalue weighted by molar-refractivity contribution is 6.05. The maximum atomic E-state index is 11.7. The van der Waals surface area contributed by atoms with Crippen molar-refractivity contribution in [1.29, 1.82) is 0 Å². The second-order valence-electron chi connectivity index (χ2n) is 5.25. The topological polar surface area (TPSA) is 71.5 Å². The van der Waals surface area contributed by atoms with Crippen molar-refractivity contribution in [3.63, 3.8) is 0 Å². The predicted octanol–water partition coefficient (Wildman–Crippen LogP) is 2.39. The van der Waals surface area contributed by atoms with Crippen LogP contribution in [-0.4, -0.2) is 25.7 Å². The molecule has 0 aromatic carbocycles. The van der Waals surface area contributed by atoms with Gasteiger partial charge in [-0.1, -0.05) is 20.8 Å². The first-order chi connectivity index (χ1) is 8.97.